The standard InChI is InChI=1S/C2H7O2PS/c1-4-5(2,3)6/h3,6H,2H2,1H3. The molecule has 1 N–H and O–H groups in total. The Balaban J connectivity index is 3.48. The Kier molecular flexibility index (Phi) is 2.22. The smallest absolute Gasteiger partial charge is 0.168 e. The van der Waals surface area contributed by atoms with E-state index in [0.717, 1.165) is 0 Å². The Morgan fingerprint density at radius 1 is 2.00 bits per heavy atom. The normalized spacial score (nSPS) is 19.8. The minimum absolute atomic E-state index is 1.37. The van der Waals surface area contributed by atoms with Crippen molar-refractivity contribution in [3.05, 3.63) is 0 Å². The fraction of sp³-hybridized carbons (Fsp3) is 0.500. The van der Waals surface area contributed by atoms with Crippen LogP contribution in [0.2, 0.25) is 0 Å². The van der Waals surface area contributed by atoms with Crippen molar-refractivity contribution in [2.45, 2.75) is 0 Å². The summed E-state index contributed by atoms with van der Waals surface area (Å²) in [5.74, 6) is 0. The molecule has 0 fully saturated rings. The van der Waals surface area contributed by atoms with Gasteiger partial charge in [0, 0.05) is 7.11 Å². The quantitative estimate of drug-likeness (QED) is 0.401. The van der Waals surface area contributed by atoms with Gasteiger partial charge in [-0.05, 0) is 6.30 Å². The Bertz CT molecular complexity index is 75.6. The summed E-state index contributed by atoms with van der Waals surface area (Å²) in [7, 11) is 1.37. The summed E-state index contributed by atoms with van der Waals surface area (Å²) in [6, 6.07) is 0. The molecule has 38 valence electrons. The molecule has 1 unspecified atom stereocenters. The molecule has 0 saturated heterocycles. The number of thiol groups is 1. The zero-order chi connectivity index (χ0) is 5.21. The van der Waals surface area contributed by atoms with Gasteiger partial charge in [0.2, 0.25) is 0 Å². The van der Waals surface area contributed by atoms with Gasteiger partial charge in [-0.2, -0.15) is 0 Å². The van der Waals surface area contributed by atoms with Crippen molar-refractivity contribution >= 4 is 25.1 Å². The highest BCUT2D eigenvalue weighted by Crippen LogP contribution is 2.44. The van der Waals surface area contributed by atoms with Gasteiger partial charge >= 0.3 is 0 Å². The van der Waals surface area contributed by atoms with Crippen molar-refractivity contribution in [3.8, 4) is 0 Å². The fourth-order valence-corrected chi connectivity index (χ4v) is 0. The van der Waals surface area contributed by atoms with Crippen LogP contribution in [0.5, 0.6) is 0 Å². The molecule has 0 bridgehead atoms. The van der Waals surface area contributed by atoms with Crippen LogP contribution < -0.4 is 0 Å². The molecule has 0 aromatic carbocycles. The molecule has 0 amide bonds. The molecule has 0 aliphatic rings. The Morgan fingerprint density at radius 2 is 2.17 bits per heavy atom. The van der Waals surface area contributed by atoms with Gasteiger partial charge in [0.25, 0.3) is 0 Å². The average molecular weight is 126 g/mol. The van der Waals surface area contributed by atoms with E-state index >= 15 is 0 Å². The molecule has 0 spiro atoms. The van der Waals surface area contributed by atoms with E-state index in [0.29, 0.717) is 0 Å². The monoisotopic (exact) mass is 126 g/mol. The highest BCUT2D eigenvalue weighted by molar-refractivity contribution is 8.47. The number of rotatable bonds is 1. The van der Waals surface area contributed by atoms with Crippen molar-refractivity contribution < 1.29 is 9.42 Å². The first kappa shape index (κ1) is 6.57. The summed E-state index contributed by atoms with van der Waals surface area (Å²) in [6.45, 7) is -2.45. The predicted molar refractivity (Wildman–Crippen MR) is 32.3 cm³/mol. The Hall–Kier alpha value is 0.570. The predicted octanol–water partition coefficient (Wildman–Crippen LogP) is 0.749. The SMILES string of the molecule is C=P(O)(S)OC. The van der Waals surface area contributed by atoms with Gasteiger partial charge in [0.1, 0.15) is 0 Å². The van der Waals surface area contributed by atoms with Crippen LogP contribution in [0.4, 0.5) is 0 Å². The van der Waals surface area contributed by atoms with Gasteiger partial charge in [0.05, 0.1) is 0 Å². The van der Waals surface area contributed by atoms with Crippen LogP contribution in [0.3, 0.4) is 0 Å². The first-order chi connectivity index (χ1) is 2.56. The lowest BCUT2D eigenvalue weighted by molar-refractivity contribution is 0.403. The summed E-state index contributed by atoms with van der Waals surface area (Å²) in [5, 5.41) is 0. The molecule has 0 radical (unpaired) electrons. The van der Waals surface area contributed by atoms with Crippen molar-refractivity contribution in [2.24, 2.45) is 0 Å². The summed E-state index contributed by atoms with van der Waals surface area (Å²) in [4.78, 5) is 8.47. The van der Waals surface area contributed by atoms with Crippen LogP contribution in [-0.4, -0.2) is 18.3 Å². The van der Waals surface area contributed by atoms with Crippen LogP contribution in [0.1, 0.15) is 0 Å². The molecular weight excluding hydrogens is 119 g/mol. The van der Waals surface area contributed by atoms with E-state index in [4.69, 9.17) is 4.89 Å². The fourth-order valence-electron chi connectivity index (χ4n) is 0. The molecule has 0 aromatic heterocycles. The van der Waals surface area contributed by atoms with Crippen molar-refractivity contribution in [3.63, 3.8) is 0 Å². The second kappa shape index (κ2) is 2.03. The third-order valence-electron chi connectivity index (χ3n) is 0.292. The maximum absolute atomic E-state index is 8.47. The molecule has 0 heterocycles. The molecule has 0 aliphatic carbocycles. The third kappa shape index (κ3) is 4.57. The molecule has 0 rings (SSSR count). The Labute approximate surface area is 42.4 Å². The Morgan fingerprint density at radius 3 is 2.17 bits per heavy atom. The largest absolute Gasteiger partial charge is 0.346 e. The first-order valence-corrected chi connectivity index (χ1v) is 4.30. The van der Waals surface area contributed by atoms with E-state index in [1.807, 2.05) is 0 Å². The molecular formula is C2H7O2PS. The minimum atomic E-state index is -2.45. The zero-order valence-corrected chi connectivity index (χ0v) is 5.25. The molecule has 2 nitrogen and oxygen atoms in total. The second-order valence-corrected chi connectivity index (χ2v) is 4.42. The van der Waals surface area contributed by atoms with E-state index in [2.05, 4.69) is 23.1 Å². The van der Waals surface area contributed by atoms with Crippen molar-refractivity contribution in [1.29, 1.82) is 0 Å². The average Bonchev–Trinajstić information content (AvgIpc) is 1.35. The van der Waals surface area contributed by atoms with E-state index < -0.39 is 6.54 Å². The molecule has 6 heavy (non-hydrogen) atoms. The summed E-state index contributed by atoms with van der Waals surface area (Å²) < 4.78 is 4.36. The summed E-state index contributed by atoms with van der Waals surface area (Å²) in [5.41, 5.74) is 0. The lowest BCUT2D eigenvalue weighted by Gasteiger charge is -2.02. The van der Waals surface area contributed by atoms with Crippen LogP contribution in [0.25, 0.3) is 0 Å². The summed E-state index contributed by atoms with van der Waals surface area (Å²) >= 11 is 3.59. The van der Waals surface area contributed by atoms with E-state index in [9.17, 15) is 0 Å². The molecule has 0 saturated carbocycles. The number of hydrogen-bond donors (Lipinski definition) is 2. The molecule has 0 aliphatic heterocycles. The lowest BCUT2D eigenvalue weighted by atomic mass is 11.8. The lowest BCUT2D eigenvalue weighted by Crippen LogP contribution is -1.69. The van der Waals surface area contributed by atoms with E-state index in [-0.39, 0.29) is 0 Å². The van der Waals surface area contributed by atoms with Gasteiger partial charge in [-0.3, -0.25) is 0 Å². The van der Waals surface area contributed by atoms with E-state index in [1.54, 1.807) is 0 Å². The van der Waals surface area contributed by atoms with Gasteiger partial charge in [0.15, 0.2) is 6.54 Å². The maximum Gasteiger partial charge on any atom is 0.168 e. The topological polar surface area (TPSA) is 29.5 Å². The molecule has 4 heteroatoms. The van der Waals surface area contributed by atoms with Crippen LogP contribution >= 0.6 is 18.8 Å². The number of hydrogen-bond acceptors (Lipinski definition) is 3. The van der Waals surface area contributed by atoms with Crippen molar-refractivity contribution in [2.75, 3.05) is 7.11 Å². The van der Waals surface area contributed by atoms with Gasteiger partial charge in [-0.15, -0.1) is 0 Å². The van der Waals surface area contributed by atoms with Crippen LogP contribution in [0.15, 0.2) is 0 Å². The molecule has 0 aromatic rings. The van der Waals surface area contributed by atoms with Crippen LogP contribution in [-0.2, 0) is 4.52 Å². The van der Waals surface area contributed by atoms with Crippen LogP contribution in [0, 0.1) is 0 Å². The third-order valence-corrected chi connectivity index (χ3v) is 1.37. The van der Waals surface area contributed by atoms with Gasteiger partial charge in [-0.25, -0.2) is 0 Å². The second-order valence-electron chi connectivity index (χ2n) is 0.847. The highest BCUT2D eigenvalue weighted by atomic mass is 32.7. The van der Waals surface area contributed by atoms with Gasteiger partial charge in [-0.1, -0.05) is 12.2 Å². The minimum Gasteiger partial charge on any atom is -0.346 e. The van der Waals surface area contributed by atoms with Gasteiger partial charge < -0.3 is 9.42 Å². The zero-order valence-electron chi connectivity index (χ0n) is 3.46. The molecule has 1 atom stereocenters. The summed E-state index contributed by atoms with van der Waals surface area (Å²) in [6.07, 6.45) is 3.20. The van der Waals surface area contributed by atoms with Crippen molar-refractivity contribution in [1.82, 2.24) is 0 Å². The first-order valence-electron chi connectivity index (χ1n) is 1.31. The van der Waals surface area contributed by atoms with E-state index in [1.165, 1.54) is 7.11 Å². The highest BCUT2D eigenvalue weighted by Gasteiger charge is 1.93. The maximum atomic E-state index is 8.47.